The summed E-state index contributed by atoms with van der Waals surface area (Å²) in [5.74, 6) is 1.60. The van der Waals surface area contributed by atoms with Gasteiger partial charge in [-0.05, 0) is 12.8 Å². The summed E-state index contributed by atoms with van der Waals surface area (Å²) in [7, 11) is 0. The van der Waals surface area contributed by atoms with Crippen LogP contribution < -0.4 is 0 Å². The first-order valence-corrected chi connectivity index (χ1v) is 6.31. The van der Waals surface area contributed by atoms with Crippen LogP contribution in [0.15, 0.2) is 0 Å². The van der Waals surface area contributed by atoms with Crippen molar-refractivity contribution in [2.45, 2.75) is 23.6 Å². The molecule has 5 heteroatoms. The van der Waals surface area contributed by atoms with Crippen LogP contribution >= 0.6 is 35.0 Å². The molecule has 0 aliphatic heterocycles. The smallest absolute Gasteiger partial charge is 0.0448 e. The molecule has 2 nitrogen and oxygen atoms in total. The summed E-state index contributed by atoms with van der Waals surface area (Å²) in [5, 5.41) is 17.2. The highest BCUT2D eigenvalue weighted by atomic mass is 35.5. The van der Waals surface area contributed by atoms with E-state index in [1.54, 1.807) is 11.8 Å². The summed E-state index contributed by atoms with van der Waals surface area (Å²) in [6.07, 6.45) is 1.25. The first kappa shape index (κ1) is 13.8. The lowest BCUT2D eigenvalue weighted by atomic mass is 10.3. The van der Waals surface area contributed by atoms with Crippen LogP contribution in [0.25, 0.3) is 0 Å². The van der Waals surface area contributed by atoms with E-state index in [9.17, 15) is 0 Å². The molecular formula is C8H16Cl2O2S. The van der Waals surface area contributed by atoms with Gasteiger partial charge in [0.2, 0.25) is 0 Å². The SMILES string of the molecule is OCCC(Cl)CSCC(Cl)CCO. The van der Waals surface area contributed by atoms with Crippen LogP contribution in [-0.4, -0.2) is 45.7 Å². The molecule has 0 aromatic heterocycles. The van der Waals surface area contributed by atoms with Crippen LogP contribution in [0.3, 0.4) is 0 Å². The van der Waals surface area contributed by atoms with E-state index >= 15 is 0 Å². The predicted octanol–water partition coefficient (Wildman–Crippen LogP) is 1.70. The molecule has 0 aliphatic rings. The van der Waals surface area contributed by atoms with E-state index in [2.05, 4.69) is 0 Å². The molecule has 0 amide bonds. The number of thioether (sulfide) groups is 1. The van der Waals surface area contributed by atoms with Crippen LogP contribution in [0.5, 0.6) is 0 Å². The molecule has 0 bridgehead atoms. The summed E-state index contributed by atoms with van der Waals surface area (Å²) >= 11 is 13.4. The highest BCUT2D eigenvalue weighted by Gasteiger charge is 2.07. The molecule has 13 heavy (non-hydrogen) atoms. The van der Waals surface area contributed by atoms with Gasteiger partial charge in [0.25, 0.3) is 0 Å². The zero-order valence-corrected chi connectivity index (χ0v) is 9.78. The molecule has 80 valence electrons. The summed E-state index contributed by atoms with van der Waals surface area (Å²) in [4.78, 5) is 0. The van der Waals surface area contributed by atoms with Crippen molar-refractivity contribution in [3.63, 3.8) is 0 Å². The van der Waals surface area contributed by atoms with Gasteiger partial charge >= 0.3 is 0 Å². The number of halogens is 2. The Labute approximate surface area is 93.6 Å². The maximum atomic E-state index is 8.58. The van der Waals surface area contributed by atoms with Crippen molar-refractivity contribution in [2.75, 3.05) is 24.7 Å². The van der Waals surface area contributed by atoms with Crippen LogP contribution in [0, 0.1) is 0 Å². The highest BCUT2D eigenvalue weighted by Crippen LogP contribution is 2.15. The van der Waals surface area contributed by atoms with Crippen molar-refractivity contribution in [1.29, 1.82) is 0 Å². The van der Waals surface area contributed by atoms with E-state index in [1.807, 2.05) is 0 Å². The maximum absolute atomic E-state index is 8.58. The van der Waals surface area contributed by atoms with E-state index in [1.165, 1.54) is 0 Å². The van der Waals surface area contributed by atoms with Gasteiger partial charge in [0.15, 0.2) is 0 Å². The predicted molar refractivity (Wildman–Crippen MR) is 60.0 cm³/mol. The van der Waals surface area contributed by atoms with Gasteiger partial charge in [0, 0.05) is 35.5 Å². The lowest BCUT2D eigenvalue weighted by Gasteiger charge is -2.09. The third-order valence-electron chi connectivity index (χ3n) is 1.48. The van der Waals surface area contributed by atoms with E-state index in [0.717, 1.165) is 11.5 Å². The second-order valence-electron chi connectivity index (χ2n) is 2.76. The summed E-state index contributed by atoms with van der Waals surface area (Å²) in [5.41, 5.74) is 0. The van der Waals surface area contributed by atoms with Gasteiger partial charge in [-0.25, -0.2) is 0 Å². The second kappa shape index (κ2) is 9.41. The average molecular weight is 247 g/mol. The first-order chi connectivity index (χ1) is 6.20. The second-order valence-corrected chi connectivity index (χ2v) is 5.07. The molecule has 0 saturated carbocycles. The van der Waals surface area contributed by atoms with Crippen molar-refractivity contribution in [3.8, 4) is 0 Å². The van der Waals surface area contributed by atoms with Crippen molar-refractivity contribution in [3.05, 3.63) is 0 Å². The van der Waals surface area contributed by atoms with Gasteiger partial charge in [0.05, 0.1) is 0 Å². The lowest BCUT2D eigenvalue weighted by Crippen LogP contribution is -2.09. The van der Waals surface area contributed by atoms with Gasteiger partial charge in [-0.15, -0.1) is 23.2 Å². The zero-order valence-electron chi connectivity index (χ0n) is 7.46. The number of aliphatic hydroxyl groups is 2. The van der Waals surface area contributed by atoms with Crippen molar-refractivity contribution in [2.24, 2.45) is 0 Å². The Bertz CT molecular complexity index is 104. The minimum atomic E-state index is 0.0213. The van der Waals surface area contributed by atoms with Gasteiger partial charge in [-0.1, -0.05) is 0 Å². The van der Waals surface area contributed by atoms with Crippen molar-refractivity contribution >= 4 is 35.0 Å². The molecule has 2 atom stereocenters. The quantitative estimate of drug-likeness (QED) is 0.641. The first-order valence-electron chi connectivity index (χ1n) is 4.28. The topological polar surface area (TPSA) is 40.5 Å². The molecule has 0 aliphatic carbocycles. The average Bonchev–Trinajstić information content (AvgIpc) is 2.05. The van der Waals surface area contributed by atoms with Gasteiger partial charge in [-0.2, -0.15) is 11.8 Å². The Balaban J connectivity index is 3.23. The van der Waals surface area contributed by atoms with Crippen LogP contribution in [0.2, 0.25) is 0 Å². The lowest BCUT2D eigenvalue weighted by molar-refractivity contribution is 0.288. The Kier molecular flexibility index (Phi) is 10.0. The molecule has 0 aromatic carbocycles. The Morgan fingerprint density at radius 3 is 1.62 bits per heavy atom. The molecule has 0 fully saturated rings. The molecule has 0 radical (unpaired) electrons. The summed E-state index contributed by atoms with van der Waals surface area (Å²) in [6.45, 7) is 0.269. The molecular weight excluding hydrogens is 231 g/mol. The molecule has 0 heterocycles. The standard InChI is InChI=1S/C8H16Cl2O2S/c9-7(1-3-11)5-13-6-8(10)2-4-12/h7-8,11-12H,1-6H2. The Morgan fingerprint density at radius 1 is 0.923 bits per heavy atom. The van der Waals surface area contributed by atoms with Crippen LogP contribution in [0.1, 0.15) is 12.8 Å². The zero-order chi connectivity index (χ0) is 10.1. The van der Waals surface area contributed by atoms with Gasteiger partial charge < -0.3 is 10.2 Å². The minimum Gasteiger partial charge on any atom is -0.396 e. The third-order valence-corrected chi connectivity index (χ3v) is 3.87. The molecule has 0 spiro atoms. The summed E-state index contributed by atoms with van der Waals surface area (Å²) < 4.78 is 0. The fourth-order valence-electron chi connectivity index (χ4n) is 0.771. The molecule has 0 saturated heterocycles. The Hall–Kier alpha value is 0.850. The number of hydrogen-bond donors (Lipinski definition) is 2. The number of alkyl halides is 2. The van der Waals surface area contributed by atoms with E-state index in [4.69, 9.17) is 33.4 Å². The molecule has 0 aromatic rings. The minimum absolute atomic E-state index is 0.0213. The van der Waals surface area contributed by atoms with Gasteiger partial charge in [0.1, 0.15) is 0 Å². The number of aliphatic hydroxyl groups excluding tert-OH is 2. The third kappa shape index (κ3) is 9.16. The van der Waals surface area contributed by atoms with Crippen LogP contribution in [0.4, 0.5) is 0 Å². The Morgan fingerprint density at radius 2 is 1.31 bits per heavy atom. The van der Waals surface area contributed by atoms with Crippen LogP contribution in [-0.2, 0) is 0 Å². The molecule has 2 N–H and O–H groups in total. The fourth-order valence-corrected chi connectivity index (χ4v) is 2.48. The van der Waals surface area contributed by atoms with E-state index in [-0.39, 0.29) is 24.0 Å². The normalized spacial score (nSPS) is 15.7. The fraction of sp³-hybridized carbons (Fsp3) is 1.00. The molecule has 2 unspecified atom stereocenters. The molecule has 0 rings (SSSR count). The number of hydrogen-bond acceptors (Lipinski definition) is 3. The van der Waals surface area contributed by atoms with E-state index < -0.39 is 0 Å². The maximum Gasteiger partial charge on any atom is 0.0448 e. The highest BCUT2D eigenvalue weighted by molar-refractivity contribution is 7.99. The van der Waals surface area contributed by atoms with Gasteiger partial charge in [-0.3, -0.25) is 0 Å². The van der Waals surface area contributed by atoms with Crippen molar-refractivity contribution in [1.82, 2.24) is 0 Å². The largest absolute Gasteiger partial charge is 0.396 e. The monoisotopic (exact) mass is 246 g/mol. The summed E-state index contributed by atoms with van der Waals surface area (Å²) in [6, 6.07) is 0. The number of rotatable bonds is 8. The van der Waals surface area contributed by atoms with Crippen molar-refractivity contribution < 1.29 is 10.2 Å². The van der Waals surface area contributed by atoms with E-state index in [0.29, 0.717) is 12.8 Å².